The topological polar surface area (TPSA) is 57.5 Å². The second-order valence-electron chi connectivity index (χ2n) is 8.78. The minimum atomic E-state index is -1.48. The van der Waals surface area contributed by atoms with Gasteiger partial charge in [-0.15, -0.1) is 0 Å². The van der Waals surface area contributed by atoms with Gasteiger partial charge in [0.15, 0.2) is 11.6 Å². The number of ketones is 1. The normalized spacial score (nSPS) is 49.9. The molecule has 4 aliphatic rings. The molecule has 0 radical (unpaired) electrons. The van der Waals surface area contributed by atoms with Crippen LogP contribution in [0.5, 0.6) is 0 Å². The fraction of sp³-hybridized carbons (Fsp3) is 0.842. The Kier molecular flexibility index (Phi) is 3.01. The minimum Gasteiger partial charge on any atom is -0.365 e. The van der Waals surface area contributed by atoms with Crippen LogP contribution < -0.4 is 0 Å². The molecule has 0 aliphatic heterocycles. The number of hydrogen-bond donors (Lipinski definition) is 2. The Morgan fingerprint density at radius 3 is 2.50 bits per heavy atom. The zero-order valence-corrected chi connectivity index (χ0v) is 13.8. The first-order valence-electron chi connectivity index (χ1n) is 8.97. The number of allylic oxidation sites excluding steroid dienone is 1. The largest absolute Gasteiger partial charge is 0.365 e. The third kappa shape index (κ3) is 1.73. The standard InChI is InChI=1S/C19H28O3/c1-17-8-5-13(20)11-12(17)3-4-14-15(17)6-9-18(2)16(14)7-10-19(18,21)22/h11,14-16,21-22H,3-10H2,1-2H3/t14-,15+,16+,17+,18+/m1/s1. The first-order valence-corrected chi connectivity index (χ1v) is 8.97. The maximum atomic E-state index is 11.8. The van der Waals surface area contributed by atoms with Crippen molar-refractivity contribution < 1.29 is 15.0 Å². The fourth-order valence-corrected chi connectivity index (χ4v) is 6.55. The van der Waals surface area contributed by atoms with Crippen LogP contribution in [0.4, 0.5) is 0 Å². The van der Waals surface area contributed by atoms with Gasteiger partial charge in [-0.25, -0.2) is 0 Å². The summed E-state index contributed by atoms with van der Waals surface area (Å²) in [6.45, 7) is 4.46. The van der Waals surface area contributed by atoms with Crippen molar-refractivity contribution in [3.05, 3.63) is 11.6 Å². The van der Waals surface area contributed by atoms with Crippen molar-refractivity contribution in [1.82, 2.24) is 0 Å². The number of rotatable bonds is 0. The highest BCUT2D eigenvalue weighted by Crippen LogP contribution is 2.66. The van der Waals surface area contributed by atoms with E-state index in [-0.39, 0.29) is 10.8 Å². The first kappa shape index (κ1) is 14.9. The van der Waals surface area contributed by atoms with Crippen LogP contribution in [0.15, 0.2) is 11.6 Å². The van der Waals surface area contributed by atoms with Crippen LogP contribution >= 0.6 is 0 Å². The molecular weight excluding hydrogens is 276 g/mol. The molecule has 0 amide bonds. The number of hydrogen-bond acceptors (Lipinski definition) is 3. The SMILES string of the molecule is C[C@]12CCC(=O)C=C1CC[C@@H]1[C@@H]2CC[C@@]2(C)[C@H]1CCC2(O)O. The molecule has 5 atom stereocenters. The summed E-state index contributed by atoms with van der Waals surface area (Å²) in [5.74, 6) is 0.458. The molecule has 0 aromatic rings. The van der Waals surface area contributed by atoms with Crippen LogP contribution in [0.1, 0.15) is 65.2 Å². The molecule has 0 bridgehead atoms. The molecule has 0 unspecified atom stereocenters. The van der Waals surface area contributed by atoms with Gasteiger partial charge in [0, 0.05) is 18.3 Å². The minimum absolute atomic E-state index is 0.175. The van der Waals surface area contributed by atoms with E-state index in [4.69, 9.17) is 0 Å². The third-order valence-electron chi connectivity index (χ3n) is 8.07. The van der Waals surface area contributed by atoms with Gasteiger partial charge in [-0.3, -0.25) is 4.79 Å². The monoisotopic (exact) mass is 304 g/mol. The lowest BCUT2D eigenvalue weighted by Gasteiger charge is -2.58. The van der Waals surface area contributed by atoms with E-state index in [1.807, 2.05) is 6.08 Å². The molecule has 3 saturated carbocycles. The van der Waals surface area contributed by atoms with Crippen molar-refractivity contribution in [3.8, 4) is 0 Å². The van der Waals surface area contributed by atoms with E-state index in [9.17, 15) is 15.0 Å². The van der Waals surface area contributed by atoms with Gasteiger partial charge in [-0.05, 0) is 67.8 Å². The average molecular weight is 304 g/mol. The summed E-state index contributed by atoms with van der Waals surface area (Å²) in [6, 6.07) is 0. The average Bonchev–Trinajstić information content (AvgIpc) is 2.70. The maximum absolute atomic E-state index is 11.8. The number of carbonyl (C=O) groups is 1. The molecule has 4 rings (SSSR count). The summed E-state index contributed by atoms with van der Waals surface area (Å²) in [7, 11) is 0. The Hall–Kier alpha value is -0.670. The van der Waals surface area contributed by atoms with E-state index in [1.54, 1.807) is 0 Å². The van der Waals surface area contributed by atoms with Crippen molar-refractivity contribution in [2.45, 2.75) is 71.0 Å². The summed E-state index contributed by atoms with van der Waals surface area (Å²) >= 11 is 0. The Morgan fingerprint density at radius 1 is 1.00 bits per heavy atom. The van der Waals surface area contributed by atoms with Crippen LogP contribution in [0.2, 0.25) is 0 Å². The van der Waals surface area contributed by atoms with Crippen LogP contribution in [0, 0.1) is 28.6 Å². The summed E-state index contributed by atoms with van der Waals surface area (Å²) in [4.78, 5) is 11.8. The van der Waals surface area contributed by atoms with Gasteiger partial charge >= 0.3 is 0 Å². The summed E-state index contributed by atoms with van der Waals surface area (Å²) in [5, 5.41) is 20.9. The molecule has 4 aliphatic carbocycles. The zero-order chi connectivity index (χ0) is 15.8. The lowest BCUT2D eigenvalue weighted by Crippen LogP contribution is -2.54. The van der Waals surface area contributed by atoms with Gasteiger partial charge in [0.05, 0.1) is 0 Å². The molecule has 0 spiro atoms. The number of fused-ring (bicyclic) bond motifs is 5. The first-order chi connectivity index (χ1) is 10.3. The van der Waals surface area contributed by atoms with E-state index in [0.717, 1.165) is 38.5 Å². The van der Waals surface area contributed by atoms with E-state index >= 15 is 0 Å². The van der Waals surface area contributed by atoms with Gasteiger partial charge in [0.1, 0.15) is 0 Å². The Morgan fingerprint density at radius 2 is 1.73 bits per heavy atom. The highest BCUT2D eigenvalue weighted by Gasteiger charge is 2.63. The van der Waals surface area contributed by atoms with Crippen molar-refractivity contribution in [1.29, 1.82) is 0 Å². The molecule has 22 heavy (non-hydrogen) atoms. The molecule has 3 nitrogen and oxygen atoms in total. The van der Waals surface area contributed by atoms with Gasteiger partial charge in [-0.1, -0.05) is 19.4 Å². The van der Waals surface area contributed by atoms with Gasteiger partial charge in [-0.2, -0.15) is 0 Å². The second-order valence-corrected chi connectivity index (χ2v) is 8.78. The van der Waals surface area contributed by atoms with Crippen LogP contribution in [-0.4, -0.2) is 21.8 Å². The number of carbonyl (C=O) groups excluding carboxylic acids is 1. The van der Waals surface area contributed by atoms with Gasteiger partial charge < -0.3 is 10.2 Å². The Labute approximate surface area is 132 Å². The highest BCUT2D eigenvalue weighted by molar-refractivity contribution is 5.91. The summed E-state index contributed by atoms with van der Waals surface area (Å²) < 4.78 is 0. The van der Waals surface area contributed by atoms with Crippen LogP contribution in [-0.2, 0) is 4.79 Å². The van der Waals surface area contributed by atoms with Crippen LogP contribution in [0.25, 0.3) is 0 Å². The molecular formula is C19H28O3. The predicted octanol–water partition coefficient (Wildman–Crippen LogP) is 3.20. The van der Waals surface area contributed by atoms with Gasteiger partial charge in [0.2, 0.25) is 0 Å². The molecule has 0 heterocycles. The third-order valence-corrected chi connectivity index (χ3v) is 8.07. The quantitative estimate of drug-likeness (QED) is 0.676. The Bertz CT molecular complexity index is 549. The van der Waals surface area contributed by atoms with E-state index in [0.29, 0.717) is 36.4 Å². The maximum Gasteiger partial charge on any atom is 0.168 e. The number of aliphatic hydroxyl groups is 2. The molecule has 122 valence electrons. The predicted molar refractivity (Wildman–Crippen MR) is 83.9 cm³/mol. The smallest absolute Gasteiger partial charge is 0.168 e. The summed E-state index contributed by atoms with van der Waals surface area (Å²) in [6.07, 6.45) is 9.21. The van der Waals surface area contributed by atoms with E-state index in [2.05, 4.69) is 13.8 Å². The lowest BCUT2D eigenvalue weighted by atomic mass is 9.47. The highest BCUT2D eigenvalue weighted by atomic mass is 16.5. The zero-order valence-electron chi connectivity index (χ0n) is 13.8. The second kappa shape index (κ2) is 4.45. The molecule has 3 fully saturated rings. The van der Waals surface area contributed by atoms with Crippen molar-refractivity contribution in [3.63, 3.8) is 0 Å². The molecule has 0 aromatic carbocycles. The van der Waals surface area contributed by atoms with E-state index in [1.165, 1.54) is 5.57 Å². The van der Waals surface area contributed by atoms with Crippen molar-refractivity contribution in [2.24, 2.45) is 28.6 Å². The summed E-state index contributed by atoms with van der Waals surface area (Å²) in [5.41, 5.74) is 1.22. The molecule has 2 N–H and O–H groups in total. The van der Waals surface area contributed by atoms with Crippen LogP contribution in [0.3, 0.4) is 0 Å². The van der Waals surface area contributed by atoms with Gasteiger partial charge in [0.25, 0.3) is 0 Å². The van der Waals surface area contributed by atoms with Crippen molar-refractivity contribution >= 4 is 5.78 Å². The molecule has 3 heteroatoms. The molecule has 0 saturated heterocycles. The lowest BCUT2D eigenvalue weighted by molar-refractivity contribution is -0.247. The van der Waals surface area contributed by atoms with Crippen molar-refractivity contribution in [2.75, 3.05) is 0 Å². The molecule has 0 aromatic heterocycles. The van der Waals surface area contributed by atoms with E-state index < -0.39 is 5.79 Å². The fourth-order valence-electron chi connectivity index (χ4n) is 6.55. The Balaban J connectivity index is 1.70.